The second-order valence-corrected chi connectivity index (χ2v) is 6.71. The Bertz CT molecular complexity index is 269. The molecule has 1 N–H and O–H groups in total. The van der Waals surface area contributed by atoms with Crippen molar-refractivity contribution in [1.29, 1.82) is 0 Å². The highest BCUT2D eigenvalue weighted by molar-refractivity contribution is 5.18. The summed E-state index contributed by atoms with van der Waals surface area (Å²) in [5.41, 5.74) is 2.32. The van der Waals surface area contributed by atoms with E-state index in [-0.39, 0.29) is 0 Å². The van der Waals surface area contributed by atoms with Crippen LogP contribution in [0.3, 0.4) is 0 Å². The highest BCUT2D eigenvalue weighted by atomic mass is 14.9. The van der Waals surface area contributed by atoms with Crippen LogP contribution in [0.1, 0.15) is 78.1 Å². The summed E-state index contributed by atoms with van der Waals surface area (Å²) < 4.78 is 0. The third kappa shape index (κ3) is 3.60. The number of allylic oxidation sites excluding steroid dienone is 1. The van der Waals surface area contributed by atoms with E-state index < -0.39 is 0 Å². The molecule has 2 aliphatic rings. The van der Waals surface area contributed by atoms with E-state index in [4.69, 9.17) is 0 Å². The maximum Gasteiger partial charge on any atom is 0.00476 e. The largest absolute Gasteiger partial charge is 0.314 e. The van der Waals surface area contributed by atoms with Gasteiger partial charge in [-0.25, -0.2) is 0 Å². The molecule has 0 heterocycles. The van der Waals surface area contributed by atoms with Crippen LogP contribution in [0.4, 0.5) is 0 Å². The first-order valence-electron chi connectivity index (χ1n) is 8.16. The van der Waals surface area contributed by atoms with Crippen molar-refractivity contribution in [3.8, 4) is 0 Å². The van der Waals surface area contributed by atoms with Crippen LogP contribution in [-0.2, 0) is 0 Å². The minimum Gasteiger partial charge on any atom is -0.314 e. The van der Waals surface area contributed by atoms with E-state index in [1.165, 1.54) is 70.8 Å². The number of rotatable bonds is 4. The van der Waals surface area contributed by atoms with Crippen LogP contribution in [0, 0.1) is 5.41 Å². The predicted octanol–water partition coefficient (Wildman–Crippen LogP) is 4.83. The molecule has 0 aliphatic heterocycles. The Hall–Kier alpha value is -0.300. The van der Waals surface area contributed by atoms with Crippen molar-refractivity contribution in [3.63, 3.8) is 0 Å². The highest BCUT2D eigenvalue weighted by Crippen LogP contribution is 2.44. The normalized spacial score (nSPS) is 24.7. The van der Waals surface area contributed by atoms with E-state index in [0.717, 1.165) is 0 Å². The minimum absolute atomic E-state index is 0.515. The molecule has 0 saturated heterocycles. The van der Waals surface area contributed by atoms with Gasteiger partial charge in [-0.15, -0.1) is 0 Å². The molecule has 0 atom stereocenters. The summed E-state index contributed by atoms with van der Waals surface area (Å²) in [6.07, 6.45) is 16.8. The molecule has 2 aliphatic carbocycles. The smallest absolute Gasteiger partial charge is 0.00476 e. The number of hydrogen-bond acceptors (Lipinski definition) is 1. The summed E-state index contributed by atoms with van der Waals surface area (Å²) in [7, 11) is 0. The van der Waals surface area contributed by atoms with Gasteiger partial charge in [0.1, 0.15) is 0 Å². The van der Waals surface area contributed by atoms with Gasteiger partial charge in [0, 0.05) is 18.0 Å². The fourth-order valence-corrected chi connectivity index (χ4v) is 3.74. The topological polar surface area (TPSA) is 12.0 Å². The van der Waals surface area contributed by atoms with Crippen molar-refractivity contribution in [3.05, 3.63) is 11.6 Å². The molecular formula is C17H31N. The lowest BCUT2D eigenvalue weighted by atomic mass is 9.70. The first-order valence-corrected chi connectivity index (χ1v) is 8.16. The van der Waals surface area contributed by atoms with E-state index in [2.05, 4.69) is 25.2 Å². The zero-order valence-corrected chi connectivity index (χ0v) is 12.4. The monoisotopic (exact) mass is 249 g/mol. The van der Waals surface area contributed by atoms with E-state index in [1.807, 2.05) is 5.57 Å². The first-order chi connectivity index (χ1) is 8.73. The van der Waals surface area contributed by atoms with Gasteiger partial charge in [0.25, 0.3) is 0 Å². The van der Waals surface area contributed by atoms with Gasteiger partial charge in [-0.2, -0.15) is 0 Å². The second kappa shape index (κ2) is 6.75. The van der Waals surface area contributed by atoms with E-state index >= 15 is 0 Å². The quantitative estimate of drug-likeness (QED) is 0.556. The van der Waals surface area contributed by atoms with Crippen LogP contribution < -0.4 is 5.32 Å². The van der Waals surface area contributed by atoms with Gasteiger partial charge in [0.2, 0.25) is 0 Å². The molecule has 0 aromatic rings. The lowest BCUT2D eigenvalue weighted by Gasteiger charge is -2.38. The maximum absolute atomic E-state index is 3.74. The SMILES string of the molecule is CC(C)NCC1(C2=CCCCC2)CCCCCC1. The summed E-state index contributed by atoms with van der Waals surface area (Å²) in [5, 5.41) is 3.74. The van der Waals surface area contributed by atoms with E-state index in [1.54, 1.807) is 0 Å². The van der Waals surface area contributed by atoms with Gasteiger partial charge in [0.05, 0.1) is 0 Å². The van der Waals surface area contributed by atoms with Gasteiger partial charge in [-0.3, -0.25) is 0 Å². The molecule has 1 heteroatoms. The Labute approximate surface area is 113 Å². The van der Waals surface area contributed by atoms with Crippen molar-refractivity contribution < 1.29 is 0 Å². The molecule has 1 nitrogen and oxygen atoms in total. The van der Waals surface area contributed by atoms with Crippen LogP contribution in [-0.4, -0.2) is 12.6 Å². The number of nitrogens with one attached hydrogen (secondary N) is 1. The van der Waals surface area contributed by atoms with Crippen LogP contribution in [0.15, 0.2) is 11.6 Å². The molecule has 104 valence electrons. The molecule has 1 fully saturated rings. The summed E-state index contributed by atoms with van der Waals surface area (Å²) in [5.74, 6) is 0. The Balaban J connectivity index is 2.11. The Morgan fingerprint density at radius 2 is 1.78 bits per heavy atom. The third-order valence-electron chi connectivity index (χ3n) is 4.88. The zero-order valence-electron chi connectivity index (χ0n) is 12.4. The van der Waals surface area contributed by atoms with Crippen molar-refractivity contribution in [2.75, 3.05) is 6.54 Å². The lowest BCUT2D eigenvalue weighted by Crippen LogP contribution is -2.39. The number of hydrogen-bond donors (Lipinski definition) is 1. The lowest BCUT2D eigenvalue weighted by molar-refractivity contribution is 0.266. The third-order valence-corrected chi connectivity index (χ3v) is 4.88. The summed E-state index contributed by atoms with van der Waals surface area (Å²) >= 11 is 0. The summed E-state index contributed by atoms with van der Waals surface area (Å²) in [6.45, 7) is 5.77. The molecule has 0 bridgehead atoms. The molecule has 2 rings (SSSR count). The van der Waals surface area contributed by atoms with Crippen molar-refractivity contribution in [1.82, 2.24) is 5.32 Å². The van der Waals surface area contributed by atoms with Gasteiger partial charge >= 0.3 is 0 Å². The molecule has 0 aromatic heterocycles. The fraction of sp³-hybridized carbons (Fsp3) is 0.882. The van der Waals surface area contributed by atoms with Crippen molar-refractivity contribution in [2.24, 2.45) is 5.41 Å². The molecule has 18 heavy (non-hydrogen) atoms. The molecular weight excluding hydrogens is 218 g/mol. The highest BCUT2D eigenvalue weighted by Gasteiger charge is 2.34. The van der Waals surface area contributed by atoms with Crippen molar-refractivity contribution >= 4 is 0 Å². The van der Waals surface area contributed by atoms with Crippen LogP contribution in [0.2, 0.25) is 0 Å². The molecule has 0 aromatic carbocycles. The van der Waals surface area contributed by atoms with E-state index in [0.29, 0.717) is 11.5 Å². The average Bonchev–Trinajstić information content (AvgIpc) is 2.64. The Kier molecular flexibility index (Phi) is 5.29. The van der Waals surface area contributed by atoms with Gasteiger partial charge in [-0.1, -0.05) is 51.2 Å². The zero-order chi connectivity index (χ0) is 12.8. The van der Waals surface area contributed by atoms with Crippen LogP contribution >= 0.6 is 0 Å². The van der Waals surface area contributed by atoms with E-state index in [9.17, 15) is 0 Å². The molecule has 1 saturated carbocycles. The molecule has 0 amide bonds. The summed E-state index contributed by atoms with van der Waals surface area (Å²) in [6, 6.07) is 0.620. The van der Waals surface area contributed by atoms with Crippen LogP contribution in [0.25, 0.3) is 0 Å². The average molecular weight is 249 g/mol. The standard InChI is InChI=1S/C17H31N/c1-15(2)18-14-17(12-8-3-4-9-13-17)16-10-6-5-7-11-16/h10,15,18H,3-9,11-14H2,1-2H3. The second-order valence-electron chi connectivity index (χ2n) is 6.71. The molecule has 0 unspecified atom stereocenters. The van der Waals surface area contributed by atoms with Crippen LogP contribution in [0.5, 0.6) is 0 Å². The van der Waals surface area contributed by atoms with Crippen molar-refractivity contribution in [2.45, 2.75) is 84.1 Å². The fourth-order valence-electron chi connectivity index (χ4n) is 3.74. The minimum atomic E-state index is 0.515. The van der Waals surface area contributed by atoms with Gasteiger partial charge in [-0.05, 0) is 38.5 Å². The Morgan fingerprint density at radius 3 is 2.33 bits per heavy atom. The molecule has 0 radical (unpaired) electrons. The first kappa shape index (κ1) is 14.1. The van der Waals surface area contributed by atoms with Gasteiger partial charge in [0.15, 0.2) is 0 Å². The molecule has 0 spiro atoms. The maximum atomic E-state index is 3.74. The summed E-state index contributed by atoms with van der Waals surface area (Å²) in [4.78, 5) is 0. The predicted molar refractivity (Wildman–Crippen MR) is 79.8 cm³/mol. The Morgan fingerprint density at radius 1 is 1.06 bits per heavy atom. The van der Waals surface area contributed by atoms with Gasteiger partial charge < -0.3 is 5.32 Å².